The van der Waals surface area contributed by atoms with Crippen LogP contribution in [0.4, 0.5) is 11.8 Å². The number of benzene rings is 1. The highest BCUT2D eigenvalue weighted by molar-refractivity contribution is 5.42. The van der Waals surface area contributed by atoms with Crippen molar-refractivity contribution >= 4 is 11.8 Å². The Morgan fingerprint density at radius 3 is 2.44 bits per heavy atom. The van der Waals surface area contributed by atoms with Crippen molar-refractivity contribution in [3.05, 3.63) is 47.7 Å². The van der Waals surface area contributed by atoms with E-state index in [1.165, 1.54) is 30.4 Å². The molecule has 1 aromatic carbocycles. The number of aromatic nitrogens is 2. The van der Waals surface area contributed by atoms with Crippen molar-refractivity contribution in [3.8, 4) is 0 Å². The van der Waals surface area contributed by atoms with Crippen LogP contribution < -0.4 is 15.5 Å². The third-order valence-electron chi connectivity index (χ3n) is 7.28. The molecular weight excluding hydrogens is 422 g/mol. The lowest BCUT2D eigenvalue weighted by molar-refractivity contribution is 0.127. The van der Waals surface area contributed by atoms with E-state index < -0.39 is 6.10 Å². The molecule has 1 aromatic heterocycles. The summed E-state index contributed by atoms with van der Waals surface area (Å²) in [6.45, 7) is 15.3. The predicted molar refractivity (Wildman–Crippen MR) is 143 cm³/mol. The second-order valence-electron chi connectivity index (χ2n) is 10.8. The first kappa shape index (κ1) is 26.4. The average Bonchev–Trinajstić information content (AvgIpc) is 2.84. The maximum atomic E-state index is 11.0. The van der Waals surface area contributed by atoms with Gasteiger partial charge in [0, 0.05) is 31.4 Å². The monoisotopic (exact) mass is 467 g/mol. The van der Waals surface area contributed by atoms with Crippen LogP contribution in [0.3, 0.4) is 0 Å². The molecule has 34 heavy (non-hydrogen) atoms. The van der Waals surface area contributed by atoms with Crippen molar-refractivity contribution in [3.63, 3.8) is 0 Å². The van der Waals surface area contributed by atoms with Crippen molar-refractivity contribution in [1.29, 1.82) is 0 Å². The maximum absolute atomic E-state index is 11.0. The van der Waals surface area contributed by atoms with Gasteiger partial charge in [0.15, 0.2) is 0 Å². The summed E-state index contributed by atoms with van der Waals surface area (Å²) in [7, 11) is 0. The highest BCUT2D eigenvalue weighted by Gasteiger charge is 2.35. The summed E-state index contributed by atoms with van der Waals surface area (Å²) in [4.78, 5) is 11.2. The fourth-order valence-corrected chi connectivity index (χ4v) is 4.90. The molecule has 0 aliphatic heterocycles. The highest BCUT2D eigenvalue weighted by Crippen LogP contribution is 2.38. The van der Waals surface area contributed by atoms with Crippen molar-refractivity contribution in [2.75, 3.05) is 29.9 Å². The van der Waals surface area contributed by atoms with Gasteiger partial charge in [-0.05, 0) is 56.2 Å². The lowest BCUT2D eigenvalue weighted by Gasteiger charge is -2.40. The predicted octanol–water partition coefficient (Wildman–Crippen LogP) is 5.23. The molecule has 2 aromatic rings. The van der Waals surface area contributed by atoms with Crippen LogP contribution in [0.2, 0.25) is 0 Å². The van der Waals surface area contributed by atoms with E-state index in [2.05, 4.69) is 84.4 Å². The lowest BCUT2D eigenvalue weighted by Crippen LogP contribution is -2.50. The molecule has 1 heterocycles. The number of hydrogen-bond acceptors (Lipinski definition) is 6. The van der Waals surface area contributed by atoms with Crippen LogP contribution in [0.1, 0.15) is 84.8 Å². The zero-order valence-corrected chi connectivity index (χ0v) is 22.1. The molecule has 3 rings (SSSR count). The third-order valence-corrected chi connectivity index (χ3v) is 7.28. The number of hydrogen-bond donors (Lipinski definition) is 3. The second kappa shape index (κ2) is 11.5. The molecule has 2 unspecified atom stereocenters. The summed E-state index contributed by atoms with van der Waals surface area (Å²) < 4.78 is 0. The van der Waals surface area contributed by atoms with Gasteiger partial charge in [-0.25, -0.2) is 4.98 Å². The van der Waals surface area contributed by atoms with E-state index in [0.717, 1.165) is 37.7 Å². The maximum Gasteiger partial charge on any atom is 0.227 e. The van der Waals surface area contributed by atoms with Gasteiger partial charge >= 0.3 is 0 Å². The fraction of sp³-hybridized carbons (Fsp3) is 0.643. The molecule has 0 spiro atoms. The SMILES string of the molecule is CCN(CC)c1nccc(NC(C)C(O)CNC2(c3cccc(C(C)(C)C)c3)CCCCC2)n1. The summed E-state index contributed by atoms with van der Waals surface area (Å²) in [5, 5.41) is 18.2. The van der Waals surface area contributed by atoms with Crippen LogP contribution in [-0.4, -0.2) is 46.9 Å². The second-order valence-corrected chi connectivity index (χ2v) is 10.8. The molecule has 0 saturated heterocycles. The van der Waals surface area contributed by atoms with Crippen LogP contribution >= 0.6 is 0 Å². The Balaban J connectivity index is 1.70. The molecule has 1 aliphatic carbocycles. The fourth-order valence-electron chi connectivity index (χ4n) is 4.90. The van der Waals surface area contributed by atoms with Crippen LogP contribution in [0.5, 0.6) is 0 Å². The lowest BCUT2D eigenvalue weighted by atomic mass is 9.74. The normalized spacial score (nSPS) is 17.7. The van der Waals surface area contributed by atoms with Gasteiger partial charge in [0.05, 0.1) is 12.1 Å². The van der Waals surface area contributed by atoms with Gasteiger partial charge in [-0.2, -0.15) is 4.98 Å². The summed E-state index contributed by atoms with van der Waals surface area (Å²) in [6.07, 6.45) is 7.15. The van der Waals surface area contributed by atoms with Crippen LogP contribution in [0.25, 0.3) is 0 Å². The van der Waals surface area contributed by atoms with Crippen LogP contribution in [0.15, 0.2) is 36.5 Å². The zero-order valence-electron chi connectivity index (χ0n) is 22.1. The van der Waals surface area contributed by atoms with E-state index in [4.69, 9.17) is 0 Å². The molecule has 188 valence electrons. The van der Waals surface area contributed by atoms with Crippen molar-refractivity contribution < 1.29 is 5.11 Å². The first-order chi connectivity index (χ1) is 16.2. The number of anilines is 2. The van der Waals surface area contributed by atoms with Gasteiger partial charge < -0.3 is 20.6 Å². The molecule has 0 radical (unpaired) electrons. The van der Waals surface area contributed by atoms with Crippen LogP contribution in [0, 0.1) is 0 Å². The molecule has 1 fully saturated rings. The Morgan fingerprint density at radius 1 is 1.09 bits per heavy atom. The standard InChI is InChI=1S/C28H45N5O/c1-7-33(8-2)26-29-18-15-25(32-26)31-21(3)24(34)20-30-28(16-10-9-11-17-28)23-14-12-13-22(19-23)27(4,5)6/h12-15,18-19,21,24,30,34H,7-11,16-17,20H2,1-6H3,(H,29,31,32). The topological polar surface area (TPSA) is 73.3 Å². The third kappa shape index (κ3) is 6.48. The molecule has 2 atom stereocenters. The van der Waals surface area contributed by atoms with Crippen molar-refractivity contribution in [2.45, 2.75) is 96.7 Å². The molecule has 6 nitrogen and oxygen atoms in total. The smallest absolute Gasteiger partial charge is 0.227 e. The van der Waals surface area contributed by atoms with E-state index in [1.54, 1.807) is 6.20 Å². The van der Waals surface area contributed by atoms with E-state index in [0.29, 0.717) is 6.54 Å². The molecule has 1 aliphatic rings. The number of nitrogens with one attached hydrogen (secondary N) is 2. The summed E-state index contributed by atoms with van der Waals surface area (Å²) in [6, 6.07) is 10.8. The minimum Gasteiger partial charge on any atom is -0.390 e. The van der Waals surface area contributed by atoms with Gasteiger partial charge in [0.25, 0.3) is 0 Å². The molecular formula is C28H45N5O. The first-order valence-corrected chi connectivity index (χ1v) is 13.1. The molecule has 0 amide bonds. The first-order valence-electron chi connectivity index (χ1n) is 13.1. The van der Waals surface area contributed by atoms with Gasteiger partial charge in [-0.15, -0.1) is 0 Å². The van der Waals surface area contributed by atoms with Crippen LogP contribution in [-0.2, 0) is 11.0 Å². The number of aliphatic hydroxyl groups is 1. The molecule has 6 heteroatoms. The van der Waals surface area contributed by atoms with E-state index in [1.807, 2.05) is 13.0 Å². The summed E-state index contributed by atoms with van der Waals surface area (Å²) in [5.74, 6) is 1.46. The summed E-state index contributed by atoms with van der Waals surface area (Å²) >= 11 is 0. The Kier molecular flexibility index (Phi) is 8.94. The molecule has 0 bridgehead atoms. The Labute approximate surface area is 206 Å². The van der Waals surface area contributed by atoms with E-state index in [9.17, 15) is 5.11 Å². The zero-order chi connectivity index (χ0) is 24.8. The minimum atomic E-state index is -0.545. The van der Waals surface area contributed by atoms with Gasteiger partial charge in [0.2, 0.25) is 5.95 Å². The highest BCUT2D eigenvalue weighted by atomic mass is 16.3. The van der Waals surface area contributed by atoms with Gasteiger partial charge in [-0.3, -0.25) is 0 Å². The number of aliphatic hydroxyl groups excluding tert-OH is 1. The van der Waals surface area contributed by atoms with Gasteiger partial charge in [0.1, 0.15) is 5.82 Å². The minimum absolute atomic E-state index is 0.0783. The Hall–Kier alpha value is -2.18. The van der Waals surface area contributed by atoms with Gasteiger partial charge in [-0.1, -0.05) is 64.3 Å². The van der Waals surface area contributed by atoms with E-state index in [-0.39, 0.29) is 17.0 Å². The largest absolute Gasteiger partial charge is 0.390 e. The Morgan fingerprint density at radius 2 is 1.79 bits per heavy atom. The molecule has 1 saturated carbocycles. The quantitative estimate of drug-likeness (QED) is 0.444. The summed E-state index contributed by atoms with van der Waals surface area (Å²) in [5.41, 5.74) is 2.75. The van der Waals surface area contributed by atoms with E-state index >= 15 is 0 Å². The number of nitrogens with zero attached hydrogens (tertiary/aromatic N) is 3. The Bertz CT molecular complexity index is 900. The average molecular weight is 468 g/mol. The number of rotatable bonds is 10. The van der Waals surface area contributed by atoms with Crippen molar-refractivity contribution in [1.82, 2.24) is 15.3 Å². The van der Waals surface area contributed by atoms with Crippen molar-refractivity contribution in [2.24, 2.45) is 0 Å². The molecule has 3 N–H and O–H groups in total.